The molecule has 0 radical (unpaired) electrons. The topological polar surface area (TPSA) is 131 Å². The summed E-state index contributed by atoms with van der Waals surface area (Å²) in [4.78, 5) is 32.1. The van der Waals surface area contributed by atoms with Crippen molar-refractivity contribution in [2.75, 3.05) is 14.2 Å². The molecule has 1 fully saturated rings. The highest BCUT2D eigenvalue weighted by molar-refractivity contribution is 8.18. The molecule has 5 rings (SSSR count). The van der Waals surface area contributed by atoms with Crippen molar-refractivity contribution >= 4 is 40.8 Å². The van der Waals surface area contributed by atoms with E-state index in [2.05, 4.69) is 10.1 Å². The number of rotatable bonds is 7. The lowest BCUT2D eigenvalue weighted by molar-refractivity contribution is -0.122. The maximum absolute atomic E-state index is 13.6. The summed E-state index contributed by atoms with van der Waals surface area (Å²) in [5, 5.41) is 25.6. The Bertz CT molecular complexity index is 1820. The molecule has 2 heterocycles. The van der Waals surface area contributed by atoms with Crippen LogP contribution in [-0.2, 0) is 11.8 Å². The van der Waals surface area contributed by atoms with Crippen molar-refractivity contribution < 1.29 is 24.5 Å². The quantitative estimate of drug-likeness (QED) is 0.240. The normalized spacial score (nSPS) is 15.3. The Morgan fingerprint density at radius 1 is 0.881 bits per heavy atom. The van der Waals surface area contributed by atoms with Crippen molar-refractivity contribution in [3.05, 3.63) is 98.8 Å². The van der Waals surface area contributed by atoms with Gasteiger partial charge in [-0.1, -0.05) is 24.3 Å². The summed E-state index contributed by atoms with van der Waals surface area (Å²) in [6.07, 6.45) is 3.06. The smallest absolute Gasteiger partial charge is 0.297 e. The van der Waals surface area contributed by atoms with Crippen LogP contribution in [0.25, 0.3) is 11.8 Å². The average molecular weight is 586 g/mol. The van der Waals surface area contributed by atoms with Crippen LogP contribution in [-0.4, -0.2) is 56.1 Å². The Morgan fingerprint density at radius 2 is 1.50 bits per heavy atom. The Hall–Kier alpha value is -5.23. The molecule has 0 spiro atoms. The summed E-state index contributed by atoms with van der Waals surface area (Å²) in [5.41, 5.74) is 2.25. The zero-order valence-electron chi connectivity index (χ0n) is 23.2. The highest BCUT2D eigenvalue weighted by Crippen LogP contribution is 2.36. The molecule has 0 bridgehead atoms. The second-order valence-electron chi connectivity index (χ2n) is 9.14. The van der Waals surface area contributed by atoms with Gasteiger partial charge >= 0.3 is 0 Å². The van der Waals surface area contributed by atoms with Gasteiger partial charge in [0.05, 0.1) is 36.7 Å². The van der Waals surface area contributed by atoms with Crippen molar-refractivity contribution in [1.29, 1.82) is 0 Å². The van der Waals surface area contributed by atoms with Gasteiger partial charge in [0.15, 0.2) is 33.9 Å². The van der Waals surface area contributed by atoms with E-state index in [-0.39, 0.29) is 39.4 Å². The molecule has 3 aromatic carbocycles. The lowest BCUT2D eigenvalue weighted by atomic mass is 10.2. The van der Waals surface area contributed by atoms with Gasteiger partial charge in [0, 0.05) is 7.05 Å². The number of aromatic nitrogens is 2. The number of hydrogen-bond donors (Lipinski definition) is 2. The summed E-state index contributed by atoms with van der Waals surface area (Å²) in [7, 11) is 4.63. The minimum absolute atomic E-state index is 0.0305. The second kappa shape index (κ2) is 11.7. The van der Waals surface area contributed by atoms with E-state index in [1.54, 1.807) is 49.0 Å². The highest BCUT2D eigenvalue weighted by Gasteiger charge is 2.34. The molecule has 0 atom stereocenters. The molecule has 0 saturated carbocycles. The van der Waals surface area contributed by atoms with E-state index in [4.69, 9.17) is 9.47 Å². The number of aliphatic imine (C=N–C) groups is 1. The zero-order valence-corrected chi connectivity index (χ0v) is 24.0. The van der Waals surface area contributed by atoms with Crippen LogP contribution in [0.2, 0.25) is 0 Å². The first-order valence-corrected chi connectivity index (χ1v) is 13.5. The number of thioether (sulfide) groups is 1. The number of aromatic hydroxyl groups is 2. The first kappa shape index (κ1) is 28.3. The zero-order chi connectivity index (χ0) is 30.0. The lowest BCUT2D eigenvalue weighted by Crippen LogP contribution is -2.24. The van der Waals surface area contributed by atoms with E-state index in [0.717, 1.165) is 16.8 Å². The van der Waals surface area contributed by atoms with Gasteiger partial charge in [-0.3, -0.25) is 14.3 Å². The molecule has 1 aliphatic rings. The number of hydrazone groups is 1. The summed E-state index contributed by atoms with van der Waals surface area (Å²) < 4.78 is 13.6. The minimum Gasteiger partial charge on any atom is -0.504 e. The minimum atomic E-state index is -0.468. The first-order valence-electron chi connectivity index (χ1n) is 12.7. The number of carbonyl (C=O) groups excluding carboxylic acids is 1. The average Bonchev–Trinajstić information content (AvgIpc) is 3.40. The molecule has 11 nitrogen and oxygen atoms in total. The van der Waals surface area contributed by atoms with Gasteiger partial charge in [0.1, 0.15) is 0 Å². The molecule has 1 amide bonds. The molecular formula is C30H27N5O6S. The van der Waals surface area contributed by atoms with Crippen LogP contribution in [0.1, 0.15) is 16.8 Å². The summed E-state index contributed by atoms with van der Waals surface area (Å²) in [6.45, 7) is 1.78. The highest BCUT2D eigenvalue weighted by atomic mass is 32.2. The standard InChI is InChI=1S/C30H27N5O6S/c1-18-27(29(39)35(33(18)2)21-8-6-5-7-9-21)32-30-34(31-17-20-11-13-23(37)25(15-20)41-4)28(38)26(42-30)16-19-10-12-22(36)24(14-19)40-3/h5-17,36-37H,1-4H3/b26-16-,31-17+,32-30?. The molecule has 1 aliphatic heterocycles. The number of phenols is 2. The molecule has 4 aromatic rings. The van der Waals surface area contributed by atoms with Crippen molar-refractivity contribution in [3.63, 3.8) is 0 Å². The fourth-order valence-electron chi connectivity index (χ4n) is 4.25. The number of methoxy groups -OCH3 is 2. The molecular weight excluding hydrogens is 558 g/mol. The molecule has 12 heteroatoms. The van der Waals surface area contributed by atoms with Crippen LogP contribution in [0.4, 0.5) is 5.69 Å². The number of para-hydroxylation sites is 1. The molecule has 1 aromatic heterocycles. The number of benzene rings is 3. The van der Waals surface area contributed by atoms with Gasteiger partial charge in [-0.05, 0) is 78.4 Å². The molecule has 214 valence electrons. The van der Waals surface area contributed by atoms with E-state index >= 15 is 0 Å². The van der Waals surface area contributed by atoms with Crippen molar-refractivity contribution in [2.24, 2.45) is 17.1 Å². The third kappa shape index (κ3) is 5.39. The maximum Gasteiger partial charge on any atom is 0.297 e. The summed E-state index contributed by atoms with van der Waals surface area (Å²) >= 11 is 1.06. The van der Waals surface area contributed by atoms with E-state index in [1.807, 2.05) is 30.3 Å². The number of phenolic OH excluding ortho intramolecular Hbond substituents is 2. The molecule has 1 saturated heterocycles. The van der Waals surface area contributed by atoms with Gasteiger partial charge < -0.3 is 19.7 Å². The first-order chi connectivity index (χ1) is 20.2. The van der Waals surface area contributed by atoms with Crippen molar-refractivity contribution in [2.45, 2.75) is 6.92 Å². The third-order valence-corrected chi connectivity index (χ3v) is 7.50. The third-order valence-electron chi connectivity index (χ3n) is 6.54. The van der Waals surface area contributed by atoms with E-state index in [0.29, 0.717) is 27.4 Å². The number of ether oxygens (including phenoxy) is 2. The number of nitrogens with zero attached hydrogens (tertiary/aromatic N) is 5. The number of hydrogen-bond acceptors (Lipinski definition) is 9. The van der Waals surface area contributed by atoms with E-state index in [1.165, 1.54) is 37.2 Å². The predicted octanol–water partition coefficient (Wildman–Crippen LogP) is 4.55. The largest absolute Gasteiger partial charge is 0.504 e. The summed E-state index contributed by atoms with van der Waals surface area (Å²) in [5.74, 6) is -0.0280. The van der Waals surface area contributed by atoms with Crippen LogP contribution in [0.15, 0.2) is 86.5 Å². The molecule has 0 aliphatic carbocycles. The van der Waals surface area contributed by atoms with Crippen LogP contribution >= 0.6 is 11.8 Å². The Balaban J connectivity index is 1.60. The fourth-order valence-corrected chi connectivity index (χ4v) is 5.17. The molecule has 0 unspecified atom stereocenters. The van der Waals surface area contributed by atoms with Crippen LogP contribution in [0.5, 0.6) is 23.0 Å². The van der Waals surface area contributed by atoms with E-state index in [9.17, 15) is 19.8 Å². The predicted molar refractivity (Wildman–Crippen MR) is 162 cm³/mol. The van der Waals surface area contributed by atoms with Gasteiger partial charge in [-0.2, -0.15) is 10.1 Å². The van der Waals surface area contributed by atoms with Crippen LogP contribution in [0, 0.1) is 6.92 Å². The monoisotopic (exact) mass is 585 g/mol. The van der Waals surface area contributed by atoms with Gasteiger partial charge in [0.25, 0.3) is 11.5 Å². The fraction of sp³-hybridized carbons (Fsp3) is 0.133. The molecule has 2 N–H and O–H groups in total. The second-order valence-corrected chi connectivity index (χ2v) is 10.1. The van der Waals surface area contributed by atoms with Crippen LogP contribution in [0.3, 0.4) is 0 Å². The summed E-state index contributed by atoms with van der Waals surface area (Å²) in [6, 6.07) is 18.5. The van der Waals surface area contributed by atoms with Gasteiger partial charge in [-0.25, -0.2) is 9.67 Å². The Kier molecular flexibility index (Phi) is 7.89. The lowest BCUT2D eigenvalue weighted by Gasteiger charge is -2.09. The van der Waals surface area contributed by atoms with E-state index < -0.39 is 5.91 Å². The Labute approximate surface area is 245 Å². The van der Waals surface area contributed by atoms with Gasteiger partial charge in [-0.15, -0.1) is 0 Å². The van der Waals surface area contributed by atoms with Crippen LogP contribution < -0.4 is 15.0 Å². The number of carbonyl (C=O) groups is 1. The van der Waals surface area contributed by atoms with Crippen molar-refractivity contribution in [3.8, 4) is 28.7 Å². The SMILES string of the molecule is COc1cc(/C=C2\SC(=Nc3c(C)n(C)n(-c4ccccc4)c3=O)N(/N=C/c3ccc(O)c(OC)c3)C2=O)ccc1O. The maximum atomic E-state index is 13.6. The number of amides is 1. The number of amidine groups is 1. The molecule has 42 heavy (non-hydrogen) atoms. The van der Waals surface area contributed by atoms with Crippen molar-refractivity contribution in [1.82, 2.24) is 14.4 Å². The Morgan fingerprint density at radius 3 is 2.14 bits per heavy atom. The van der Waals surface area contributed by atoms with Gasteiger partial charge in [0.2, 0.25) is 0 Å².